The number of hydrogen-bond donors (Lipinski definition) is 3. The van der Waals surface area contributed by atoms with Crippen molar-refractivity contribution >= 4 is 23.1 Å². The third-order valence-electron chi connectivity index (χ3n) is 3.57. The van der Waals surface area contributed by atoms with Crippen molar-refractivity contribution in [3.05, 3.63) is 66.4 Å². The highest BCUT2D eigenvalue weighted by molar-refractivity contribution is 6.02. The largest absolute Gasteiger partial charge is 0.433 e. The van der Waals surface area contributed by atoms with Crippen molar-refractivity contribution in [2.24, 2.45) is 0 Å². The number of rotatable bonds is 7. The highest BCUT2D eigenvalue weighted by atomic mass is 19.3. The smallest absolute Gasteiger partial charge is 0.387 e. The van der Waals surface area contributed by atoms with E-state index in [9.17, 15) is 13.6 Å². The first-order valence-corrected chi connectivity index (χ1v) is 8.13. The van der Waals surface area contributed by atoms with E-state index in [0.717, 1.165) is 6.20 Å². The molecule has 10 heteroatoms. The number of pyridine rings is 3. The number of ether oxygens (including phenoxy) is 1. The van der Waals surface area contributed by atoms with Gasteiger partial charge < -0.3 is 21.1 Å². The molecule has 0 spiro atoms. The van der Waals surface area contributed by atoms with Crippen molar-refractivity contribution in [1.29, 1.82) is 0 Å². The molecule has 0 radical (unpaired) electrons. The maximum Gasteiger partial charge on any atom is 0.387 e. The molecule has 1 amide bonds. The Morgan fingerprint density at radius 3 is 2.71 bits per heavy atom. The summed E-state index contributed by atoms with van der Waals surface area (Å²) in [7, 11) is 0. The normalized spacial score (nSPS) is 10.5. The average Bonchev–Trinajstić information content (AvgIpc) is 2.68. The zero-order valence-electron chi connectivity index (χ0n) is 14.5. The molecule has 0 unspecified atom stereocenters. The number of aromatic nitrogens is 3. The van der Waals surface area contributed by atoms with Crippen LogP contribution in [0.15, 0.2) is 55.0 Å². The summed E-state index contributed by atoms with van der Waals surface area (Å²) in [5, 5.41) is 5.79. The number of halogens is 2. The first-order valence-electron chi connectivity index (χ1n) is 8.13. The molecule has 28 heavy (non-hydrogen) atoms. The predicted molar refractivity (Wildman–Crippen MR) is 99.0 cm³/mol. The van der Waals surface area contributed by atoms with E-state index in [-0.39, 0.29) is 11.4 Å². The van der Waals surface area contributed by atoms with Crippen LogP contribution in [0.1, 0.15) is 16.2 Å². The van der Waals surface area contributed by atoms with Crippen LogP contribution in [0.25, 0.3) is 0 Å². The number of amides is 1. The number of nitrogens with zero attached hydrogens (tertiary/aromatic N) is 3. The number of carbonyl (C=O) groups excluding carboxylic acids is 1. The topological polar surface area (TPSA) is 115 Å². The van der Waals surface area contributed by atoms with Crippen LogP contribution in [-0.2, 0) is 6.54 Å². The summed E-state index contributed by atoms with van der Waals surface area (Å²) in [6.07, 6.45) is 4.20. The van der Waals surface area contributed by atoms with Crippen molar-refractivity contribution in [2.45, 2.75) is 13.2 Å². The van der Waals surface area contributed by atoms with Gasteiger partial charge in [-0.3, -0.25) is 9.78 Å². The third kappa shape index (κ3) is 5.10. The second-order valence-electron chi connectivity index (χ2n) is 5.54. The van der Waals surface area contributed by atoms with Gasteiger partial charge >= 0.3 is 6.61 Å². The van der Waals surface area contributed by atoms with Crippen LogP contribution in [0.4, 0.5) is 26.0 Å². The van der Waals surface area contributed by atoms with E-state index >= 15 is 0 Å². The van der Waals surface area contributed by atoms with Gasteiger partial charge in [0.1, 0.15) is 17.3 Å². The minimum Gasteiger partial charge on any atom is -0.433 e. The van der Waals surface area contributed by atoms with Crippen molar-refractivity contribution in [1.82, 2.24) is 15.0 Å². The minimum atomic E-state index is -2.95. The lowest BCUT2D eigenvalue weighted by Crippen LogP contribution is -2.14. The predicted octanol–water partition coefficient (Wildman–Crippen LogP) is 2.92. The molecule has 0 fully saturated rings. The molecular formula is C18H16F2N6O2. The number of nitrogen functional groups attached to an aromatic ring is 1. The molecule has 3 rings (SSSR count). The zero-order chi connectivity index (χ0) is 19.9. The fourth-order valence-electron chi connectivity index (χ4n) is 2.29. The molecule has 0 atom stereocenters. The van der Waals surface area contributed by atoms with E-state index in [0.29, 0.717) is 29.4 Å². The molecule has 8 nitrogen and oxygen atoms in total. The van der Waals surface area contributed by atoms with Gasteiger partial charge in [-0.15, -0.1) is 0 Å². The Morgan fingerprint density at radius 2 is 2.00 bits per heavy atom. The van der Waals surface area contributed by atoms with Gasteiger partial charge in [-0.2, -0.15) is 8.78 Å². The van der Waals surface area contributed by atoms with E-state index in [2.05, 4.69) is 30.3 Å². The SMILES string of the molecule is Nc1ncccc1NCc1cc(NC(=O)c2ccc(OC(F)F)cn2)ccn1. The monoisotopic (exact) mass is 386 g/mol. The van der Waals surface area contributed by atoms with Gasteiger partial charge in [-0.05, 0) is 36.4 Å². The summed E-state index contributed by atoms with van der Waals surface area (Å²) >= 11 is 0. The van der Waals surface area contributed by atoms with Crippen LogP contribution in [0, 0.1) is 0 Å². The number of alkyl halides is 2. The molecular weight excluding hydrogens is 370 g/mol. The summed E-state index contributed by atoms with van der Waals surface area (Å²) in [6, 6.07) is 9.39. The van der Waals surface area contributed by atoms with Crippen LogP contribution in [0.3, 0.4) is 0 Å². The number of anilines is 3. The molecule has 3 aromatic heterocycles. The average molecular weight is 386 g/mol. The second kappa shape index (κ2) is 8.71. The van der Waals surface area contributed by atoms with Crippen molar-refractivity contribution in [3.63, 3.8) is 0 Å². The highest BCUT2D eigenvalue weighted by Crippen LogP contribution is 2.17. The van der Waals surface area contributed by atoms with E-state index < -0.39 is 12.5 Å². The van der Waals surface area contributed by atoms with E-state index in [1.54, 1.807) is 36.7 Å². The minimum absolute atomic E-state index is 0.0567. The third-order valence-corrected chi connectivity index (χ3v) is 3.57. The van der Waals surface area contributed by atoms with Crippen molar-refractivity contribution in [3.8, 4) is 5.75 Å². The fourth-order valence-corrected chi connectivity index (χ4v) is 2.29. The molecule has 0 aliphatic rings. The Kier molecular flexibility index (Phi) is 5.90. The maximum atomic E-state index is 12.3. The van der Waals surface area contributed by atoms with Gasteiger partial charge in [0, 0.05) is 18.1 Å². The number of carbonyl (C=O) groups is 1. The van der Waals surface area contributed by atoms with Gasteiger partial charge in [0.25, 0.3) is 5.91 Å². The molecule has 4 N–H and O–H groups in total. The van der Waals surface area contributed by atoms with Crippen molar-refractivity contribution < 1.29 is 18.3 Å². The fraction of sp³-hybridized carbons (Fsp3) is 0.111. The lowest BCUT2D eigenvalue weighted by Gasteiger charge is -2.10. The van der Waals surface area contributed by atoms with Gasteiger partial charge in [0.15, 0.2) is 0 Å². The molecule has 0 aromatic carbocycles. The van der Waals surface area contributed by atoms with E-state index in [4.69, 9.17) is 5.73 Å². The van der Waals surface area contributed by atoms with Crippen molar-refractivity contribution in [2.75, 3.05) is 16.4 Å². The lowest BCUT2D eigenvalue weighted by atomic mass is 10.2. The Bertz CT molecular complexity index is 953. The Morgan fingerprint density at radius 1 is 1.14 bits per heavy atom. The Hall–Kier alpha value is -3.82. The standard InChI is InChI=1S/C18H16F2N6O2/c19-18(20)28-13-3-4-15(25-10-13)17(27)26-11-5-7-22-12(8-11)9-24-14-2-1-6-23-16(14)21/h1-8,10,18,24H,9H2,(H2,21,23)(H,22,26,27). The van der Waals surface area contributed by atoms with Gasteiger partial charge in [0.2, 0.25) is 0 Å². The van der Waals surface area contributed by atoms with Gasteiger partial charge in [-0.1, -0.05) is 0 Å². The highest BCUT2D eigenvalue weighted by Gasteiger charge is 2.10. The van der Waals surface area contributed by atoms with Crippen LogP contribution in [0.2, 0.25) is 0 Å². The summed E-state index contributed by atoms with van der Waals surface area (Å²) in [5.74, 6) is -0.249. The lowest BCUT2D eigenvalue weighted by molar-refractivity contribution is -0.0500. The Labute approximate surface area is 158 Å². The van der Waals surface area contributed by atoms with Crippen LogP contribution in [0.5, 0.6) is 5.75 Å². The Balaban J connectivity index is 1.62. The number of nitrogens with one attached hydrogen (secondary N) is 2. The molecule has 3 aromatic rings. The summed E-state index contributed by atoms with van der Waals surface area (Å²) in [6.45, 7) is -2.58. The molecule has 144 valence electrons. The number of hydrogen-bond acceptors (Lipinski definition) is 7. The van der Waals surface area contributed by atoms with Crippen LogP contribution >= 0.6 is 0 Å². The quantitative estimate of drug-likeness (QED) is 0.572. The summed E-state index contributed by atoms with van der Waals surface area (Å²) in [4.78, 5) is 24.3. The number of nitrogens with two attached hydrogens (primary N) is 1. The first kappa shape index (κ1) is 19.0. The molecule has 0 aliphatic carbocycles. The van der Waals surface area contributed by atoms with E-state index in [1.165, 1.54) is 12.1 Å². The zero-order valence-corrected chi connectivity index (χ0v) is 14.5. The summed E-state index contributed by atoms with van der Waals surface area (Å²) < 4.78 is 28.5. The van der Waals surface area contributed by atoms with Gasteiger partial charge in [0.05, 0.1) is 24.1 Å². The molecule has 0 saturated carbocycles. The second-order valence-corrected chi connectivity index (χ2v) is 5.54. The molecule has 0 bridgehead atoms. The maximum absolute atomic E-state index is 12.3. The van der Waals surface area contributed by atoms with E-state index in [1.807, 2.05) is 0 Å². The van der Waals surface area contributed by atoms with Gasteiger partial charge in [-0.25, -0.2) is 9.97 Å². The molecule has 0 aliphatic heterocycles. The molecule has 3 heterocycles. The van der Waals surface area contributed by atoms with Crippen LogP contribution < -0.4 is 21.1 Å². The molecule has 0 saturated heterocycles. The summed E-state index contributed by atoms with van der Waals surface area (Å²) in [5.41, 5.74) is 7.67. The van der Waals surface area contributed by atoms with Crippen LogP contribution in [-0.4, -0.2) is 27.5 Å². The first-order chi connectivity index (χ1) is 13.5.